The molecule has 0 nitrogen and oxygen atoms in total. The minimum Gasteiger partial charge on any atom is -0.0859 e. The second-order valence-corrected chi connectivity index (χ2v) is 7.38. The lowest BCUT2D eigenvalue weighted by molar-refractivity contribution is 0.250. The van der Waals surface area contributed by atoms with E-state index < -0.39 is 0 Å². The van der Waals surface area contributed by atoms with Gasteiger partial charge in [-0.25, -0.2) is 0 Å². The highest BCUT2D eigenvalue weighted by atomic mass is 14.4. The Hall–Kier alpha value is -0.780. The molecule has 0 bridgehead atoms. The Morgan fingerprint density at radius 1 is 1.25 bits per heavy atom. The van der Waals surface area contributed by atoms with E-state index in [1.165, 1.54) is 44.1 Å². The first-order valence-electron chi connectivity index (χ1n) is 8.48. The molecule has 0 saturated heterocycles. The minimum atomic E-state index is 0.763. The average molecular weight is 272 g/mol. The van der Waals surface area contributed by atoms with Crippen molar-refractivity contribution in [1.82, 2.24) is 0 Å². The van der Waals surface area contributed by atoms with Crippen LogP contribution < -0.4 is 0 Å². The van der Waals surface area contributed by atoms with Crippen molar-refractivity contribution in [3.05, 3.63) is 34.4 Å². The molecule has 0 aromatic carbocycles. The first-order chi connectivity index (χ1) is 9.49. The van der Waals surface area contributed by atoms with Crippen molar-refractivity contribution in [3.63, 3.8) is 0 Å². The van der Waals surface area contributed by atoms with Crippen LogP contribution >= 0.6 is 0 Å². The minimum absolute atomic E-state index is 0.763. The van der Waals surface area contributed by atoms with E-state index in [0.29, 0.717) is 0 Å². The number of hydrogen-bond acceptors (Lipinski definition) is 0. The molecule has 2 rings (SSSR count). The average Bonchev–Trinajstić information content (AvgIpc) is 2.38. The van der Waals surface area contributed by atoms with Gasteiger partial charge in [0, 0.05) is 5.92 Å². The molecule has 112 valence electrons. The molecule has 0 heterocycles. The van der Waals surface area contributed by atoms with Crippen molar-refractivity contribution in [1.29, 1.82) is 0 Å². The molecule has 0 aliphatic heterocycles. The fourth-order valence-corrected chi connectivity index (χ4v) is 4.08. The van der Waals surface area contributed by atoms with Crippen molar-refractivity contribution < 1.29 is 0 Å². The van der Waals surface area contributed by atoms with Crippen LogP contribution in [0.1, 0.15) is 73.1 Å². The van der Waals surface area contributed by atoms with Crippen LogP contribution in [0.5, 0.6) is 0 Å². The second-order valence-electron chi connectivity index (χ2n) is 7.38. The third kappa shape index (κ3) is 3.65. The first kappa shape index (κ1) is 15.6. The molecule has 0 N–H and O–H groups in total. The van der Waals surface area contributed by atoms with E-state index in [1.54, 1.807) is 16.7 Å². The van der Waals surface area contributed by atoms with Crippen LogP contribution in [0.2, 0.25) is 0 Å². The van der Waals surface area contributed by atoms with Gasteiger partial charge in [0.15, 0.2) is 0 Å². The van der Waals surface area contributed by atoms with Crippen molar-refractivity contribution in [2.24, 2.45) is 17.8 Å². The number of rotatable bonds is 4. The Balaban J connectivity index is 2.08. The largest absolute Gasteiger partial charge is 0.0859 e. The topological polar surface area (TPSA) is 0 Å². The molecule has 0 fully saturated rings. The number of hydrogen-bond donors (Lipinski definition) is 0. The van der Waals surface area contributed by atoms with Crippen LogP contribution in [0.3, 0.4) is 0 Å². The van der Waals surface area contributed by atoms with Crippen LogP contribution in [0, 0.1) is 17.8 Å². The zero-order valence-corrected chi connectivity index (χ0v) is 14.1. The summed E-state index contributed by atoms with van der Waals surface area (Å²) in [5, 5.41) is 0. The van der Waals surface area contributed by atoms with Crippen LogP contribution in [-0.4, -0.2) is 0 Å². The Morgan fingerprint density at radius 2 is 2.00 bits per heavy atom. The summed E-state index contributed by atoms with van der Waals surface area (Å²) in [5.74, 6) is 2.49. The maximum atomic E-state index is 2.60. The van der Waals surface area contributed by atoms with Gasteiger partial charge in [-0.1, -0.05) is 41.4 Å². The molecule has 2 aliphatic carbocycles. The molecule has 3 unspecified atom stereocenters. The third-order valence-electron chi connectivity index (χ3n) is 5.42. The van der Waals surface area contributed by atoms with Gasteiger partial charge in [-0.3, -0.25) is 0 Å². The van der Waals surface area contributed by atoms with E-state index in [9.17, 15) is 0 Å². The Kier molecular flexibility index (Phi) is 5.29. The summed E-state index contributed by atoms with van der Waals surface area (Å²) in [6, 6.07) is 0. The van der Waals surface area contributed by atoms with E-state index in [-0.39, 0.29) is 0 Å². The normalized spacial score (nSPS) is 27.8. The van der Waals surface area contributed by atoms with Crippen LogP contribution in [0.25, 0.3) is 0 Å². The summed E-state index contributed by atoms with van der Waals surface area (Å²) in [7, 11) is 0. The third-order valence-corrected chi connectivity index (χ3v) is 5.42. The van der Waals surface area contributed by atoms with Gasteiger partial charge in [0.2, 0.25) is 0 Å². The first-order valence-corrected chi connectivity index (χ1v) is 8.48. The summed E-state index contributed by atoms with van der Waals surface area (Å²) in [5.41, 5.74) is 6.58. The fraction of sp³-hybridized carbons (Fsp3) is 0.700. The second kappa shape index (κ2) is 6.78. The quantitative estimate of drug-likeness (QED) is 0.516. The van der Waals surface area contributed by atoms with E-state index in [0.717, 1.165) is 17.8 Å². The maximum Gasteiger partial charge on any atom is 0.00129 e. The van der Waals surface area contributed by atoms with Crippen LogP contribution in [0.4, 0.5) is 0 Å². The smallest absolute Gasteiger partial charge is 0.00129 e. The lowest BCUT2D eigenvalue weighted by Crippen LogP contribution is -2.28. The molecular weight excluding hydrogens is 240 g/mol. The van der Waals surface area contributed by atoms with E-state index in [1.807, 2.05) is 0 Å². The van der Waals surface area contributed by atoms with E-state index in [4.69, 9.17) is 0 Å². The van der Waals surface area contributed by atoms with Gasteiger partial charge >= 0.3 is 0 Å². The predicted molar refractivity (Wildman–Crippen MR) is 89.7 cm³/mol. The van der Waals surface area contributed by atoms with Gasteiger partial charge in [-0.05, 0) is 78.1 Å². The molecule has 0 aromatic heterocycles. The molecular formula is C20H32. The van der Waals surface area contributed by atoms with Gasteiger partial charge in [-0.2, -0.15) is 0 Å². The molecule has 3 atom stereocenters. The highest BCUT2D eigenvalue weighted by Crippen LogP contribution is 2.45. The molecule has 0 saturated carbocycles. The van der Waals surface area contributed by atoms with Crippen LogP contribution in [0.15, 0.2) is 34.4 Å². The molecule has 0 aromatic rings. The zero-order valence-electron chi connectivity index (χ0n) is 14.1. The fourth-order valence-electron chi connectivity index (χ4n) is 4.08. The summed E-state index contributed by atoms with van der Waals surface area (Å²) in [4.78, 5) is 0. The summed E-state index contributed by atoms with van der Waals surface area (Å²) in [6.07, 6.45) is 13.0. The van der Waals surface area contributed by atoms with Crippen molar-refractivity contribution >= 4 is 0 Å². The molecule has 0 heteroatoms. The lowest BCUT2D eigenvalue weighted by atomic mass is 9.66. The number of allylic oxidation sites excluding steroid dienone is 6. The van der Waals surface area contributed by atoms with Gasteiger partial charge < -0.3 is 0 Å². The van der Waals surface area contributed by atoms with E-state index in [2.05, 4.69) is 46.8 Å². The summed E-state index contributed by atoms with van der Waals surface area (Å²) in [6.45, 7) is 11.6. The van der Waals surface area contributed by atoms with Crippen molar-refractivity contribution in [3.8, 4) is 0 Å². The maximum absolute atomic E-state index is 2.60. The highest BCUT2D eigenvalue weighted by Gasteiger charge is 2.33. The summed E-state index contributed by atoms with van der Waals surface area (Å²) < 4.78 is 0. The Bertz CT molecular complexity index is 429. The Labute approximate surface area is 126 Å². The monoisotopic (exact) mass is 272 g/mol. The SMILES string of the molecule is CC(C)=CCCC(C)C1CCC(C)=C2CCC(C)=CC21. The van der Waals surface area contributed by atoms with Gasteiger partial charge in [0.25, 0.3) is 0 Å². The van der Waals surface area contributed by atoms with Crippen molar-refractivity contribution in [2.75, 3.05) is 0 Å². The van der Waals surface area contributed by atoms with E-state index >= 15 is 0 Å². The Morgan fingerprint density at radius 3 is 2.70 bits per heavy atom. The zero-order chi connectivity index (χ0) is 14.7. The standard InChI is InChI=1S/C20H32/c1-14(2)7-6-8-16(4)19-12-10-17(5)18-11-9-15(3)13-20(18)19/h7,13,16,19-20H,6,8-12H2,1-5H3. The van der Waals surface area contributed by atoms with Gasteiger partial charge in [0.05, 0.1) is 0 Å². The molecule has 20 heavy (non-hydrogen) atoms. The molecule has 0 radical (unpaired) electrons. The summed E-state index contributed by atoms with van der Waals surface area (Å²) >= 11 is 0. The van der Waals surface area contributed by atoms with Crippen molar-refractivity contribution in [2.45, 2.75) is 73.1 Å². The molecule has 0 amide bonds. The highest BCUT2D eigenvalue weighted by molar-refractivity contribution is 5.30. The number of fused-ring (bicyclic) bond motifs is 1. The van der Waals surface area contributed by atoms with Gasteiger partial charge in [0.1, 0.15) is 0 Å². The molecule has 2 aliphatic rings. The predicted octanol–water partition coefficient (Wildman–Crippen LogP) is 6.45. The lowest BCUT2D eigenvalue weighted by Gasteiger charge is -2.39. The molecule has 0 spiro atoms. The van der Waals surface area contributed by atoms with Crippen LogP contribution in [-0.2, 0) is 0 Å². The van der Waals surface area contributed by atoms with Gasteiger partial charge in [-0.15, -0.1) is 0 Å².